The Bertz CT molecular complexity index is 1130. The zero-order valence-electron chi connectivity index (χ0n) is 12.3. The third kappa shape index (κ3) is 2.24. The monoisotopic (exact) mass is 337 g/mol. The highest BCUT2D eigenvalue weighted by Gasteiger charge is 2.23. The molecule has 1 aromatic heterocycles. The van der Waals surface area contributed by atoms with E-state index in [-0.39, 0.29) is 11.3 Å². The number of benzene rings is 3. The first-order chi connectivity index (χ1) is 11.6. The number of hydrogen-bond acceptors (Lipinski definition) is 5. The molecule has 0 radical (unpaired) electrons. The molecule has 4 aromatic rings. The van der Waals surface area contributed by atoms with Crippen LogP contribution < -0.4 is 10.3 Å². The first-order valence-electron chi connectivity index (χ1n) is 7.19. The van der Waals surface area contributed by atoms with E-state index in [2.05, 4.69) is 5.32 Å². The lowest BCUT2D eigenvalue weighted by Gasteiger charge is -2.10. The van der Waals surface area contributed by atoms with E-state index in [4.69, 9.17) is 4.42 Å². The molecule has 6 heteroatoms. The number of rotatable bonds is 2. The fraction of sp³-hybridized carbons (Fsp3) is 0. The third-order valence-electron chi connectivity index (χ3n) is 3.73. The first kappa shape index (κ1) is 14.5. The van der Waals surface area contributed by atoms with Gasteiger partial charge < -0.3 is 14.8 Å². The minimum atomic E-state index is -0.519. The van der Waals surface area contributed by atoms with Crippen LogP contribution in [0.1, 0.15) is 10.4 Å². The van der Waals surface area contributed by atoms with Gasteiger partial charge >= 0.3 is 4.94 Å². The number of carbonyl (C=O) groups is 1. The average molecular weight is 337 g/mol. The van der Waals surface area contributed by atoms with Gasteiger partial charge in [0.25, 0.3) is 5.91 Å². The van der Waals surface area contributed by atoms with E-state index in [0.29, 0.717) is 26.7 Å². The fourth-order valence-electron chi connectivity index (χ4n) is 2.68. The summed E-state index contributed by atoms with van der Waals surface area (Å²) in [5, 5.41) is 14.4. The number of carbonyl (C=O) groups excluding carboxylic acids is 1. The molecule has 2 N–H and O–H groups in total. The third-order valence-corrected chi connectivity index (χ3v) is 4.57. The highest BCUT2D eigenvalue weighted by atomic mass is 32.1. The number of hydrogen-bond donors (Lipinski definition) is 2. The van der Waals surface area contributed by atoms with Crippen LogP contribution in [0.2, 0.25) is 0 Å². The molecule has 0 fully saturated rings. The van der Waals surface area contributed by atoms with Gasteiger partial charge in [-0.25, -0.2) is 4.79 Å². The SMILES string of the molecule is O=C(Nc1ccccc1)c1c(O)c2ccccc2c2oc(=O)sc12. The quantitative estimate of drug-likeness (QED) is 0.580. The summed E-state index contributed by atoms with van der Waals surface area (Å²) in [6.45, 7) is 0. The smallest absolute Gasteiger partial charge is 0.396 e. The molecular formula is C18H11NO4S. The van der Waals surface area contributed by atoms with E-state index in [1.54, 1.807) is 48.5 Å². The normalized spacial score (nSPS) is 11.0. The minimum Gasteiger partial charge on any atom is -0.506 e. The predicted molar refractivity (Wildman–Crippen MR) is 93.9 cm³/mol. The van der Waals surface area contributed by atoms with Gasteiger partial charge in [-0.3, -0.25) is 4.79 Å². The van der Waals surface area contributed by atoms with Gasteiger partial charge in [-0.2, -0.15) is 0 Å². The van der Waals surface area contributed by atoms with Crippen LogP contribution in [0.3, 0.4) is 0 Å². The maximum absolute atomic E-state index is 12.7. The Morgan fingerprint density at radius 2 is 1.67 bits per heavy atom. The summed E-state index contributed by atoms with van der Waals surface area (Å²) >= 11 is 0.804. The number of para-hydroxylation sites is 1. The van der Waals surface area contributed by atoms with E-state index < -0.39 is 10.8 Å². The molecule has 5 nitrogen and oxygen atoms in total. The minimum absolute atomic E-state index is 0.0448. The van der Waals surface area contributed by atoms with Gasteiger partial charge in [0.2, 0.25) is 0 Å². The molecule has 1 heterocycles. The Morgan fingerprint density at radius 3 is 2.42 bits per heavy atom. The molecule has 0 aliphatic heterocycles. The van der Waals surface area contributed by atoms with Crippen molar-refractivity contribution in [2.45, 2.75) is 0 Å². The van der Waals surface area contributed by atoms with Gasteiger partial charge in [0, 0.05) is 16.5 Å². The van der Waals surface area contributed by atoms with Crippen LogP contribution in [-0.4, -0.2) is 11.0 Å². The summed E-state index contributed by atoms with van der Waals surface area (Å²) in [6, 6.07) is 15.9. The lowest BCUT2D eigenvalue weighted by molar-refractivity contribution is 0.102. The van der Waals surface area contributed by atoms with E-state index in [0.717, 1.165) is 11.3 Å². The van der Waals surface area contributed by atoms with Crippen LogP contribution in [0.5, 0.6) is 5.75 Å². The van der Waals surface area contributed by atoms with Crippen LogP contribution in [0.4, 0.5) is 5.69 Å². The molecule has 3 aromatic carbocycles. The van der Waals surface area contributed by atoms with Crippen molar-refractivity contribution in [3.8, 4) is 5.75 Å². The molecular weight excluding hydrogens is 326 g/mol. The zero-order chi connectivity index (χ0) is 16.7. The van der Waals surface area contributed by atoms with Crippen LogP contribution in [0.15, 0.2) is 63.8 Å². The highest BCUT2D eigenvalue weighted by Crippen LogP contribution is 2.38. The van der Waals surface area contributed by atoms with Crippen molar-refractivity contribution in [1.82, 2.24) is 0 Å². The molecule has 0 unspecified atom stereocenters. The molecule has 1 amide bonds. The zero-order valence-corrected chi connectivity index (χ0v) is 13.1. The number of aromatic hydroxyl groups is 1. The second-order valence-corrected chi connectivity index (χ2v) is 6.15. The number of fused-ring (bicyclic) bond motifs is 3. The Kier molecular flexibility index (Phi) is 3.32. The summed E-state index contributed by atoms with van der Waals surface area (Å²) < 4.78 is 5.59. The summed E-state index contributed by atoms with van der Waals surface area (Å²) in [4.78, 5) is 23.9. The maximum atomic E-state index is 12.7. The number of phenolic OH excluding ortho intramolecular Hbond substituents is 1. The van der Waals surface area contributed by atoms with Crippen molar-refractivity contribution in [3.05, 3.63) is 69.9 Å². The topological polar surface area (TPSA) is 79.5 Å². The average Bonchev–Trinajstić information content (AvgIpc) is 2.97. The molecule has 118 valence electrons. The van der Waals surface area contributed by atoms with Crippen LogP contribution >= 0.6 is 11.3 Å². The number of anilines is 1. The van der Waals surface area contributed by atoms with Crippen molar-refractivity contribution in [2.75, 3.05) is 5.32 Å². The number of amides is 1. The summed E-state index contributed by atoms with van der Waals surface area (Å²) in [5.74, 6) is -0.657. The summed E-state index contributed by atoms with van der Waals surface area (Å²) in [5.41, 5.74) is 0.957. The second kappa shape index (κ2) is 5.50. The molecule has 0 atom stereocenters. The summed E-state index contributed by atoms with van der Waals surface area (Å²) in [7, 11) is 0. The second-order valence-electron chi connectivity index (χ2n) is 5.20. The maximum Gasteiger partial charge on any atom is 0.396 e. The van der Waals surface area contributed by atoms with Crippen molar-refractivity contribution in [3.63, 3.8) is 0 Å². The summed E-state index contributed by atoms with van der Waals surface area (Å²) in [6.07, 6.45) is 0. The van der Waals surface area contributed by atoms with E-state index in [9.17, 15) is 14.7 Å². The van der Waals surface area contributed by atoms with E-state index in [1.165, 1.54) is 0 Å². The van der Waals surface area contributed by atoms with Gasteiger partial charge in [0.1, 0.15) is 11.3 Å². The van der Waals surface area contributed by atoms with Crippen LogP contribution in [0.25, 0.3) is 21.1 Å². The molecule has 24 heavy (non-hydrogen) atoms. The molecule has 0 aliphatic carbocycles. The van der Waals surface area contributed by atoms with Crippen molar-refractivity contribution in [1.29, 1.82) is 0 Å². The van der Waals surface area contributed by atoms with Gasteiger partial charge in [0.05, 0.1) is 4.70 Å². The Balaban J connectivity index is 1.98. The fourth-order valence-corrected chi connectivity index (χ4v) is 3.51. The van der Waals surface area contributed by atoms with Crippen LogP contribution in [-0.2, 0) is 0 Å². The molecule has 0 aliphatic rings. The molecule has 0 bridgehead atoms. The lowest BCUT2D eigenvalue weighted by atomic mass is 10.0. The predicted octanol–water partition coefficient (Wildman–Crippen LogP) is 3.97. The highest BCUT2D eigenvalue weighted by molar-refractivity contribution is 7.16. The Labute approximate surface area is 139 Å². The number of nitrogens with one attached hydrogen (secondary N) is 1. The van der Waals surface area contributed by atoms with Gasteiger partial charge in [-0.05, 0) is 12.1 Å². The van der Waals surface area contributed by atoms with Crippen molar-refractivity contribution < 1.29 is 14.3 Å². The first-order valence-corrected chi connectivity index (χ1v) is 8.00. The van der Waals surface area contributed by atoms with Crippen LogP contribution in [0, 0.1) is 0 Å². The molecule has 0 saturated carbocycles. The molecule has 0 spiro atoms. The number of phenols is 1. The Morgan fingerprint density at radius 1 is 1.00 bits per heavy atom. The van der Waals surface area contributed by atoms with Gasteiger partial charge in [-0.1, -0.05) is 53.8 Å². The van der Waals surface area contributed by atoms with E-state index >= 15 is 0 Å². The van der Waals surface area contributed by atoms with E-state index in [1.807, 2.05) is 6.07 Å². The lowest BCUT2D eigenvalue weighted by Crippen LogP contribution is -2.12. The molecule has 4 rings (SSSR count). The van der Waals surface area contributed by atoms with Crippen molar-refractivity contribution in [2.24, 2.45) is 0 Å². The molecule has 0 saturated heterocycles. The van der Waals surface area contributed by atoms with Crippen molar-refractivity contribution >= 4 is 44.0 Å². The van der Waals surface area contributed by atoms with Gasteiger partial charge in [-0.15, -0.1) is 0 Å². The Hall–Kier alpha value is -3.12. The largest absolute Gasteiger partial charge is 0.506 e. The van der Waals surface area contributed by atoms with Gasteiger partial charge in [0.15, 0.2) is 5.58 Å². The standard InChI is InChI=1S/C18H11NO4S/c20-14-11-8-4-5-9-12(11)15-16(24-18(22)23-15)13(14)17(21)19-10-6-2-1-3-7-10/h1-9,20H,(H,19,21).